The summed E-state index contributed by atoms with van der Waals surface area (Å²) in [5.41, 5.74) is 2.03. The van der Waals surface area contributed by atoms with Crippen molar-refractivity contribution >= 4 is 0 Å². The molecule has 46 valence electrons. The van der Waals surface area contributed by atoms with E-state index in [4.69, 9.17) is 4.52 Å². The lowest BCUT2D eigenvalue weighted by Gasteiger charge is -1.77. The molecule has 0 aromatic heterocycles. The number of nitrogens with zero attached hydrogens (tertiary/aromatic N) is 1. The number of hydrogen-bond acceptors (Lipinski definition) is 2. The van der Waals surface area contributed by atoms with Gasteiger partial charge in [0, 0.05) is 6.20 Å². The maximum absolute atomic E-state index is 4.99. The molecule has 0 bridgehead atoms. The van der Waals surface area contributed by atoms with Gasteiger partial charge in [-0.05, 0) is 6.92 Å². The van der Waals surface area contributed by atoms with Crippen molar-refractivity contribution in [3.05, 3.63) is 18.2 Å². The Morgan fingerprint density at radius 1 is 1.56 bits per heavy atom. The fourth-order valence-corrected chi connectivity index (χ4v) is 0.874. The molecule has 2 aliphatic heterocycles. The Labute approximate surface area is 52.0 Å². The molecule has 9 heavy (non-hydrogen) atoms. The molecule has 0 saturated carbocycles. The van der Waals surface area contributed by atoms with Crippen LogP contribution in [0.1, 0.15) is 5.76 Å². The molecule has 2 aliphatic rings. The zero-order valence-electron chi connectivity index (χ0n) is 5.01. The van der Waals surface area contributed by atoms with E-state index in [2.05, 4.69) is 10.1 Å². The third-order valence-electron chi connectivity index (χ3n) is 1.39. The molecule has 0 atom stereocenters. The van der Waals surface area contributed by atoms with Crippen molar-refractivity contribution in [1.29, 1.82) is 0 Å². The molecule has 0 amide bonds. The number of H-pyrrole nitrogens is 1. The highest BCUT2D eigenvalue weighted by atomic mass is 16.5. The minimum atomic E-state index is 0.891. The van der Waals surface area contributed by atoms with E-state index in [-0.39, 0.29) is 0 Å². The quantitative estimate of drug-likeness (QED) is 0.574. The Hall–Kier alpha value is -1.25. The SMILES string of the molecule is Cc1o[nH]c2cncc1-2. The van der Waals surface area contributed by atoms with Crippen LogP contribution in [0.4, 0.5) is 0 Å². The normalized spacial score (nSPS) is 10.8. The third kappa shape index (κ3) is 0.483. The van der Waals surface area contributed by atoms with Gasteiger partial charge in [-0.1, -0.05) is 0 Å². The molecule has 2 heterocycles. The van der Waals surface area contributed by atoms with E-state index in [9.17, 15) is 0 Å². The summed E-state index contributed by atoms with van der Waals surface area (Å²) in [5.74, 6) is 0.891. The molecule has 0 aliphatic carbocycles. The zero-order valence-corrected chi connectivity index (χ0v) is 5.01. The van der Waals surface area contributed by atoms with Crippen LogP contribution in [0.25, 0.3) is 11.3 Å². The highest BCUT2D eigenvalue weighted by Crippen LogP contribution is 2.22. The van der Waals surface area contributed by atoms with Gasteiger partial charge in [-0.15, -0.1) is 0 Å². The van der Waals surface area contributed by atoms with Crippen LogP contribution in [-0.4, -0.2) is 10.1 Å². The molecule has 0 spiro atoms. The zero-order chi connectivity index (χ0) is 6.27. The fraction of sp³-hybridized carbons (Fsp3) is 0.167. The van der Waals surface area contributed by atoms with Crippen LogP contribution >= 0.6 is 0 Å². The van der Waals surface area contributed by atoms with Crippen LogP contribution in [-0.2, 0) is 0 Å². The maximum Gasteiger partial charge on any atom is 0.140 e. The van der Waals surface area contributed by atoms with Gasteiger partial charge in [0.05, 0.1) is 11.8 Å². The fourth-order valence-electron chi connectivity index (χ4n) is 0.874. The Morgan fingerprint density at radius 3 is 3.22 bits per heavy atom. The number of aromatic amines is 1. The molecule has 0 aromatic carbocycles. The first-order valence-corrected chi connectivity index (χ1v) is 2.75. The van der Waals surface area contributed by atoms with Crippen molar-refractivity contribution in [3.63, 3.8) is 0 Å². The molecule has 0 radical (unpaired) electrons. The van der Waals surface area contributed by atoms with Crippen LogP contribution in [0, 0.1) is 6.92 Å². The summed E-state index contributed by atoms with van der Waals surface area (Å²) in [4.78, 5) is 3.93. The predicted molar refractivity (Wildman–Crippen MR) is 32.2 cm³/mol. The minimum absolute atomic E-state index is 0.891. The first kappa shape index (κ1) is 4.61. The number of aromatic nitrogens is 2. The van der Waals surface area contributed by atoms with Crippen LogP contribution in [0.2, 0.25) is 0 Å². The lowest BCUT2D eigenvalue weighted by Crippen LogP contribution is -1.64. The van der Waals surface area contributed by atoms with E-state index in [0.29, 0.717) is 0 Å². The molecule has 0 fully saturated rings. The first-order valence-electron chi connectivity index (χ1n) is 2.75. The van der Waals surface area contributed by atoms with Crippen molar-refractivity contribution in [2.45, 2.75) is 6.92 Å². The van der Waals surface area contributed by atoms with Gasteiger partial charge in [-0.25, -0.2) is 5.16 Å². The Balaban J connectivity index is 2.79. The van der Waals surface area contributed by atoms with Crippen molar-refractivity contribution in [3.8, 4) is 11.3 Å². The monoisotopic (exact) mass is 122 g/mol. The van der Waals surface area contributed by atoms with Gasteiger partial charge in [0.2, 0.25) is 0 Å². The molecule has 0 saturated heterocycles. The summed E-state index contributed by atoms with van der Waals surface area (Å²) in [6.07, 6.45) is 3.52. The average Bonchev–Trinajstić information content (AvgIpc) is 2.35. The van der Waals surface area contributed by atoms with Gasteiger partial charge in [0.1, 0.15) is 11.5 Å². The Kier molecular flexibility index (Phi) is 0.704. The van der Waals surface area contributed by atoms with Gasteiger partial charge < -0.3 is 4.52 Å². The summed E-state index contributed by atoms with van der Waals surface area (Å²) in [6, 6.07) is 0. The summed E-state index contributed by atoms with van der Waals surface area (Å²) in [6.45, 7) is 1.90. The molecule has 1 N–H and O–H groups in total. The predicted octanol–water partition coefficient (Wildman–Crippen LogP) is 1.42. The van der Waals surface area contributed by atoms with Crippen molar-refractivity contribution < 1.29 is 4.52 Å². The van der Waals surface area contributed by atoms with E-state index >= 15 is 0 Å². The van der Waals surface area contributed by atoms with Gasteiger partial charge in [-0.3, -0.25) is 4.98 Å². The molecule has 3 nitrogen and oxygen atoms in total. The molecule has 0 aromatic rings. The molecule has 3 heteroatoms. The van der Waals surface area contributed by atoms with Gasteiger partial charge >= 0.3 is 0 Å². The molecule has 0 unspecified atom stereocenters. The molecule has 2 rings (SSSR count). The smallest absolute Gasteiger partial charge is 0.140 e. The van der Waals surface area contributed by atoms with E-state index in [0.717, 1.165) is 17.0 Å². The third-order valence-corrected chi connectivity index (χ3v) is 1.39. The highest BCUT2D eigenvalue weighted by Gasteiger charge is 2.08. The Morgan fingerprint density at radius 2 is 2.44 bits per heavy atom. The van der Waals surface area contributed by atoms with E-state index < -0.39 is 0 Å². The van der Waals surface area contributed by atoms with Gasteiger partial charge in [-0.2, -0.15) is 0 Å². The Bertz CT molecular complexity index is 283. The van der Waals surface area contributed by atoms with Crippen molar-refractivity contribution in [2.75, 3.05) is 0 Å². The van der Waals surface area contributed by atoms with E-state index in [1.54, 1.807) is 12.4 Å². The highest BCUT2D eigenvalue weighted by molar-refractivity contribution is 5.60. The van der Waals surface area contributed by atoms with Gasteiger partial charge in [0.15, 0.2) is 0 Å². The lowest BCUT2D eigenvalue weighted by molar-refractivity contribution is 0.402. The standard InChI is InChI=1S/C6H6N2O/c1-4-5-2-7-3-6(5)8-9-4/h2-3,8H,1H3. The van der Waals surface area contributed by atoms with Crippen molar-refractivity contribution in [1.82, 2.24) is 10.1 Å². The number of aryl methyl sites for hydroxylation is 1. The summed E-state index contributed by atoms with van der Waals surface area (Å²) < 4.78 is 4.99. The van der Waals surface area contributed by atoms with Crippen LogP contribution in [0.5, 0.6) is 0 Å². The second-order valence-electron chi connectivity index (χ2n) is 1.99. The number of hydrogen-bond donors (Lipinski definition) is 1. The van der Waals surface area contributed by atoms with E-state index in [1.807, 2.05) is 6.92 Å². The second kappa shape index (κ2) is 1.37. The first-order chi connectivity index (χ1) is 4.38. The van der Waals surface area contributed by atoms with E-state index in [1.165, 1.54) is 0 Å². The molecular weight excluding hydrogens is 116 g/mol. The minimum Gasteiger partial charge on any atom is -0.386 e. The van der Waals surface area contributed by atoms with Crippen molar-refractivity contribution in [2.24, 2.45) is 0 Å². The largest absolute Gasteiger partial charge is 0.386 e. The summed E-state index contributed by atoms with van der Waals surface area (Å²) >= 11 is 0. The topological polar surface area (TPSA) is 41.8 Å². The van der Waals surface area contributed by atoms with Gasteiger partial charge in [0.25, 0.3) is 0 Å². The summed E-state index contributed by atoms with van der Waals surface area (Å²) in [7, 11) is 0. The van der Waals surface area contributed by atoms with Crippen LogP contribution in [0.15, 0.2) is 16.9 Å². The van der Waals surface area contributed by atoms with Crippen LogP contribution in [0.3, 0.4) is 0 Å². The maximum atomic E-state index is 4.99. The molecular formula is C6H6N2O. The number of nitrogens with one attached hydrogen (secondary N) is 1. The number of fused-ring (bicyclic) bond motifs is 1. The van der Waals surface area contributed by atoms with Crippen LogP contribution < -0.4 is 0 Å². The number of rotatable bonds is 0. The summed E-state index contributed by atoms with van der Waals surface area (Å²) in [5, 5.41) is 2.73. The lowest BCUT2D eigenvalue weighted by atomic mass is 10.2. The second-order valence-corrected chi connectivity index (χ2v) is 1.99. The average molecular weight is 122 g/mol.